The molecule has 0 aromatic rings. The number of amides is 2. The molecule has 1 aliphatic rings. The van der Waals surface area contributed by atoms with Crippen LogP contribution in [0.2, 0.25) is 0 Å². The van der Waals surface area contributed by atoms with Gasteiger partial charge >= 0.3 is 5.97 Å². The van der Waals surface area contributed by atoms with E-state index < -0.39 is 29.9 Å². The van der Waals surface area contributed by atoms with E-state index in [1.807, 2.05) is 0 Å². The molecule has 6 nitrogen and oxygen atoms in total. The van der Waals surface area contributed by atoms with Crippen molar-refractivity contribution in [2.24, 2.45) is 0 Å². The zero-order chi connectivity index (χ0) is 10.9. The Hall–Kier alpha value is -1.43. The number of carbonyl (C=O) groups is 3. The lowest BCUT2D eigenvalue weighted by molar-refractivity contribution is -0.158. The van der Waals surface area contributed by atoms with Crippen LogP contribution in [0.4, 0.5) is 0 Å². The van der Waals surface area contributed by atoms with Crippen LogP contribution in [0.1, 0.15) is 19.8 Å². The van der Waals surface area contributed by atoms with Crippen LogP contribution in [-0.4, -0.2) is 45.0 Å². The molecule has 0 aliphatic carbocycles. The first kappa shape index (κ1) is 10.6. The third-order valence-corrected chi connectivity index (χ3v) is 2.08. The van der Waals surface area contributed by atoms with Crippen molar-refractivity contribution in [2.75, 3.05) is 0 Å². The van der Waals surface area contributed by atoms with Crippen LogP contribution in [0.25, 0.3) is 0 Å². The number of hydrogen-bond donors (Lipinski definition) is 2. The van der Waals surface area contributed by atoms with Gasteiger partial charge in [-0.25, -0.2) is 4.79 Å². The number of hydrogen-bond acceptors (Lipinski definition) is 4. The first-order valence-corrected chi connectivity index (χ1v) is 4.21. The maximum absolute atomic E-state index is 11.2. The summed E-state index contributed by atoms with van der Waals surface area (Å²) in [6.07, 6.45) is -1.22. The van der Waals surface area contributed by atoms with Gasteiger partial charge in [-0.2, -0.15) is 0 Å². The minimum absolute atomic E-state index is 0.0231. The molecule has 6 heteroatoms. The van der Waals surface area contributed by atoms with E-state index >= 15 is 0 Å². The van der Waals surface area contributed by atoms with Crippen LogP contribution >= 0.6 is 0 Å². The summed E-state index contributed by atoms with van der Waals surface area (Å²) in [5.41, 5.74) is 0. The van der Waals surface area contributed by atoms with Crippen LogP contribution in [0, 0.1) is 0 Å². The molecule has 1 aliphatic heterocycles. The number of carbonyl (C=O) groups excluding carboxylic acids is 2. The predicted octanol–water partition coefficient (Wildman–Crippen LogP) is -1.03. The summed E-state index contributed by atoms with van der Waals surface area (Å²) in [7, 11) is 0. The largest absolute Gasteiger partial charge is 0.480 e. The number of carboxylic acids is 1. The summed E-state index contributed by atoms with van der Waals surface area (Å²) in [6.45, 7) is 1.23. The highest BCUT2D eigenvalue weighted by molar-refractivity contribution is 6.05. The Bertz CT molecular complexity index is 269. The molecule has 1 saturated heterocycles. The van der Waals surface area contributed by atoms with Gasteiger partial charge in [-0.15, -0.1) is 0 Å². The molecule has 14 heavy (non-hydrogen) atoms. The summed E-state index contributed by atoms with van der Waals surface area (Å²) in [4.78, 5) is 33.7. The Labute approximate surface area is 80.1 Å². The molecule has 0 radical (unpaired) electrons. The molecule has 2 atom stereocenters. The van der Waals surface area contributed by atoms with Crippen LogP contribution in [0.3, 0.4) is 0 Å². The van der Waals surface area contributed by atoms with Gasteiger partial charge in [-0.1, -0.05) is 0 Å². The summed E-state index contributed by atoms with van der Waals surface area (Å²) in [6, 6.07) is -1.46. The van der Waals surface area contributed by atoms with E-state index in [2.05, 4.69) is 0 Å². The average Bonchev–Trinajstić information content (AvgIpc) is 2.34. The lowest BCUT2D eigenvalue weighted by Gasteiger charge is -2.24. The van der Waals surface area contributed by atoms with Gasteiger partial charge in [0.2, 0.25) is 11.8 Å². The number of aliphatic hydroxyl groups is 1. The van der Waals surface area contributed by atoms with Gasteiger partial charge in [0.05, 0.1) is 6.10 Å². The number of likely N-dealkylation sites (tertiary alicyclic amines) is 1. The maximum Gasteiger partial charge on any atom is 0.329 e. The van der Waals surface area contributed by atoms with E-state index in [0.29, 0.717) is 4.90 Å². The zero-order valence-corrected chi connectivity index (χ0v) is 7.64. The first-order chi connectivity index (χ1) is 6.45. The van der Waals surface area contributed by atoms with Gasteiger partial charge in [0.15, 0.2) is 6.04 Å². The molecule has 1 heterocycles. The average molecular weight is 201 g/mol. The third-order valence-electron chi connectivity index (χ3n) is 2.08. The van der Waals surface area contributed by atoms with Crippen molar-refractivity contribution >= 4 is 17.8 Å². The second-order valence-corrected chi connectivity index (χ2v) is 3.18. The summed E-state index contributed by atoms with van der Waals surface area (Å²) in [5.74, 6) is -2.45. The van der Waals surface area contributed by atoms with Crippen molar-refractivity contribution in [1.82, 2.24) is 4.90 Å². The second-order valence-electron chi connectivity index (χ2n) is 3.18. The van der Waals surface area contributed by atoms with Crippen LogP contribution < -0.4 is 0 Å². The van der Waals surface area contributed by atoms with Crippen LogP contribution in [-0.2, 0) is 14.4 Å². The summed E-state index contributed by atoms with van der Waals surface area (Å²) in [5, 5.41) is 17.9. The van der Waals surface area contributed by atoms with E-state index in [0.717, 1.165) is 0 Å². The van der Waals surface area contributed by atoms with E-state index in [1.165, 1.54) is 6.92 Å². The van der Waals surface area contributed by atoms with Crippen molar-refractivity contribution in [1.29, 1.82) is 0 Å². The highest BCUT2D eigenvalue weighted by atomic mass is 16.4. The lowest BCUT2D eigenvalue weighted by atomic mass is 10.1. The van der Waals surface area contributed by atoms with E-state index in [9.17, 15) is 14.4 Å². The molecule has 0 saturated carbocycles. The van der Waals surface area contributed by atoms with Gasteiger partial charge in [0.1, 0.15) is 0 Å². The monoisotopic (exact) mass is 201 g/mol. The Balaban J connectivity index is 2.92. The molecule has 0 bridgehead atoms. The van der Waals surface area contributed by atoms with Crippen molar-refractivity contribution in [3.63, 3.8) is 0 Å². The number of aliphatic carboxylic acids is 1. The second kappa shape index (κ2) is 3.75. The zero-order valence-electron chi connectivity index (χ0n) is 7.64. The van der Waals surface area contributed by atoms with Gasteiger partial charge in [0.25, 0.3) is 0 Å². The Morgan fingerprint density at radius 1 is 1.36 bits per heavy atom. The van der Waals surface area contributed by atoms with Crippen LogP contribution in [0.5, 0.6) is 0 Å². The summed E-state index contributed by atoms with van der Waals surface area (Å²) < 4.78 is 0. The normalized spacial score (nSPS) is 21.1. The Morgan fingerprint density at radius 3 is 2.07 bits per heavy atom. The first-order valence-electron chi connectivity index (χ1n) is 4.21. The minimum atomic E-state index is -1.46. The number of imide groups is 1. The standard InChI is InChI=1S/C8H11NO5/c1-4(10)7(8(13)14)9-5(11)2-3-6(9)12/h4,7,10H,2-3H2,1H3,(H,13,14)/t4?,7-/m0/s1. The molecule has 0 aromatic carbocycles. The number of carboxylic acid groups (broad SMARTS) is 1. The fourth-order valence-corrected chi connectivity index (χ4v) is 1.44. The molecule has 2 amide bonds. The lowest BCUT2D eigenvalue weighted by Crippen LogP contribution is -2.50. The van der Waals surface area contributed by atoms with Gasteiger partial charge in [-0.3, -0.25) is 14.5 Å². The predicted molar refractivity (Wildman–Crippen MR) is 44.2 cm³/mol. The van der Waals surface area contributed by atoms with E-state index in [-0.39, 0.29) is 12.8 Å². The highest BCUT2D eigenvalue weighted by Crippen LogP contribution is 2.17. The molecular formula is C8H11NO5. The fourth-order valence-electron chi connectivity index (χ4n) is 1.44. The molecule has 0 aromatic heterocycles. The van der Waals surface area contributed by atoms with Crippen LogP contribution in [0.15, 0.2) is 0 Å². The van der Waals surface area contributed by atoms with Crippen molar-refractivity contribution in [2.45, 2.75) is 31.9 Å². The van der Waals surface area contributed by atoms with Crippen molar-refractivity contribution < 1.29 is 24.6 Å². The minimum Gasteiger partial charge on any atom is -0.480 e. The number of nitrogens with zero attached hydrogens (tertiary/aromatic N) is 1. The van der Waals surface area contributed by atoms with Gasteiger partial charge in [-0.05, 0) is 6.92 Å². The maximum atomic E-state index is 11.2. The molecular weight excluding hydrogens is 190 g/mol. The molecule has 78 valence electrons. The molecule has 1 fully saturated rings. The molecule has 1 rings (SSSR count). The topological polar surface area (TPSA) is 94.9 Å². The number of aliphatic hydroxyl groups excluding tert-OH is 1. The van der Waals surface area contributed by atoms with Gasteiger partial charge in [0, 0.05) is 12.8 Å². The third kappa shape index (κ3) is 1.74. The highest BCUT2D eigenvalue weighted by Gasteiger charge is 2.41. The Morgan fingerprint density at radius 2 is 1.79 bits per heavy atom. The van der Waals surface area contributed by atoms with Crippen molar-refractivity contribution in [3.05, 3.63) is 0 Å². The van der Waals surface area contributed by atoms with E-state index in [1.54, 1.807) is 0 Å². The molecule has 2 N–H and O–H groups in total. The van der Waals surface area contributed by atoms with Crippen molar-refractivity contribution in [3.8, 4) is 0 Å². The SMILES string of the molecule is CC(O)[C@@H](C(=O)O)N1C(=O)CCC1=O. The quantitative estimate of drug-likeness (QED) is 0.569. The van der Waals surface area contributed by atoms with Gasteiger partial charge < -0.3 is 10.2 Å². The molecule has 1 unspecified atom stereocenters. The Kier molecular flexibility index (Phi) is 2.85. The number of rotatable bonds is 3. The smallest absolute Gasteiger partial charge is 0.329 e. The molecule has 0 spiro atoms. The fraction of sp³-hybridized carbons (Fsp3) is 0.625. The summed E-state index contributed by atoms with van der Waals surface area (Å²) >= 11 is 0. The van der Waals surface area contributed by atoms with E-state index in [4.69, 9.17) is 10.2 Å².